The third-order valence-corrected chi connectivity index (χ3v) is 4.63. The minimum absolute atomic E-state index is 0.143. The molecule has 0 amide bonds. The van der Waals surface area contributed by atoms with E-state index in [4.69, 9.17) is 0 Å². The third kappa shape index (κ3) is 3.10. The fourth-order valence-electron chi connectivity index (χ4n) is 1.45. The van der Waals surface area contributed by atoms with Gasteiger partial charge in [0.2, 0.25) is 0 Å². The standard InChI is InChI=1S/C12H10BrFN2O2S/c1-8-6-12(15-7-9(8)13)16-19(17,18)11-5-3-2-4-10(11)14/h2-7H,1H3,(H,15,16). The first-order valence-corrected chi connectivity index (χ1v) is 7.57. The Bertz CT molecular complexity index is 719. The van der Waals surface area contributed by atoms with Gasteiger partial charge in [-0.1, -0.05) is 12.1 Å². The van der Waals surface area contributed by atoms with E-state index < -0.39 is 20.7 Å². The third-order valence-electron chi connectivity index (χ3n) is 2.41. The van der Waals surface area contributed by atoms with Crippen LogP contribution >= 0.6 is 15.9 Å². The molecule has 0 spiro atoms. The number of pyridine rings is 1. The van der Waals surface area contributed by atoms with Gasteiger partial charge in [-0.15, -0.1) is 0 Å². The summed E-state index contributed by atoms with van der Waals surface area (Å²) in [6.45, 7) is 1.80. The summed E-state index contributed by atoms with van der Waals surface area (Å²) in [4.78, 5) is 3.51. The maximum absolute atomic E-state index is 13.5. The highest BCUT2D eigenvalue weighted by Crippen LogP contribution is 2.21. The smallest absolute Gasteiger partial charge is 0.263 e. The first kappa shape index (κ1) is 14.0. The molecule has 7 heteroatoms. The molecule has 0 aliphatic carbocycles. The summed E-state index contributed by atoms with van der Waals surface area (Å²) >= 11 is 3.27. The summed E-state index contributed by atoms with van der Waals surface area (Å²) in [6.07, 6.45) is 1.48. The molecule has 0 saturated heterocycles. The van der Waals surface area contributed by atoms with E-state index in [1.807, 2.05) is 0 Å². The van der Waals surface area contributed by atoms with Crippen molar-refractivity contribution < 1.29 is 12.8 Å². The second kappa shape index (κ2) is 5.26. The highest BCUT2D eigenvalue weighted by molar-refractivity contribution is 9.10. The number of sulfonamides is 1. The van der Waals surface area contributed by atoms with E-state index in [0.717, 1.165) is 16.1 Å². The number of anilines is 1. The first-order chi connectivity index (χ1) is 8.90. The number of halogens is 2. The van der Waals surface area contributed by atoms with Crippen molar-refractivity contribution >= 4 is 31.8 Å². The van der Waals surface area contributed by atoms with Gasteiger partial charge < -0.3 is 0 Å². The molecule has 1 heterocycles. The van der Waals surface area contributed by atoms with Gasteiger partial charge in [0.25, 0.3) is 10.0 Å². The molecular formula is C12H10BrFN2O2S. The monoisotopic (exact) mass is 344 g/mol. The van der Waals surface area contributed by atoms with Crippen LogP contribution in [0.15, 0.2) is 45.9 Å². The molecule has 19 heavy (non-hydrogen) atoms. The average molecular weight is 345 g/mol. The molecule has 0 aliphatic rings. The van der Waals surface area contributed by atoms with Gasteiger partial charge >= 0.3 is 0 Å². The first-order valence-electron chi connectivity index (χ1n) is 5.29. The van der Waals surface area contributed by atoms with Gasteiger partial charge in [0.15, 0.2) is 0 Å². The molecule has 2 rings (SSSR count). The highest BCUT2D eigenvalue weighted by Gasteiger charge is 2.19. The number of aromatic nitrogens is 1. The molecule has 0 saturated carbocycles. The van der Waals surface area contributed by atoms with Crippen LogP contribution in [0.2, 0.25) is 0 Å². The number of nitrogens with zero attached hydrogens (tertiary/aromatic N) is 1. The summed E-state index contributed by atoms with van der Waals surface area (Å²) in [6, 6.07) is 6.73. The lowest BCUT2D eigenvalue weighted by Crippen LogP contribution is -2.15. The summed E-state index contributed by atoms with van der Waals surface area (Å²) < 4.78 is 40.5. The van der Waals surface area contributed by atoms with Crippen molar-refractivity contribution in [3.8, 4) is 0 Å². The topological polar surface area (TPSA) is 59.1 Å². The molecule has 0 aliphatic heterocycles. The zero-order chi connectivity index (χ0) is 14.0. The molecule has 100 valence electrons. The van der Waals surface area contributed by atoms with Crippen LogP contribution in [0.4, 0.5) is 10.2 Å². The number of hydrogen-bond acceptors (Lipinski definition) is 3. The van der Waals surface area contributed by atoms with Crippen LogP contribution in [0.5, 0.6) is 0 Å². The van der Waals surface area contributed by atoms with Crippen molar-refractivity contribution in [2.24, 2.45) is 0 Å². The average Bonchev–Trinajstić information content (AvgIpc) is 2.34. The Morgan fingerprint density at radius 2 is 2.00 bits per heavy atom. The molecule has 0 radical (unpaired) electrons. The van der Waals surface area contributed by atoms with Crippen LogP contribution in [0, 0.1) is 12.7 Å². The molecule has 0 atom stereocenters. The molecule has 1 N–H and O–H groups in total. The Balaban J connectivity index is 2.37. The van der Waals surface area contributed by atoms with Gasteiger partial charge in [0.05, 0.1) is 0 Å². The number of benzene rings is 1. The predicted octanol–water partition coefficient (Wildman–Crippen LogP) is 3.09. The molecule has 0 fully saturated rings. The Hall–Kier alpha value is -1.47. The van der Waals surface area contributed by atoms with E-state index in [9.17, 15) is 12.8 Å². The van der Waals surface area contributed by atoms with Crippen molar-refractivity contribution in [1.29, 1.82) is 0 Å². The van der Waals surface area contributed by atoms with Crippen LogP contribution in [0.25, 0.3) is 0 Å². The van der Waals surface area contributed by atoms with Gasteiger partial charge in [0, 0.05) is 10.7 Å². The lowest BCUT2D eigenvalue weighted by atomic mass is 10.3. The van der Waals surface area contributed by atoms with Crippen LogP contribution in [-0.2, 0) is 10.0 Å². The minimum Gasteiger partial charge on any atom is -0.263 e. The van der Waals surface area contributed by atoms with Crippen LogP contribution in [0.1, 0.15) is 5.56 Å². The molecular weight excluding hydrogens is 335 g/mol. The Kier molecular flexibility index (Phi) is 3.86. The minimum atomic E-state index is -3.98. The summed E-state index contributed by atoms with van der Waals surface area (Å²) in [5.41, 5.74) is 0.821. The van der Waals surface area contributed by atoms with Crippen LogP contribution < -0.4 is 4.72 Å². The molecule has 2 aromatic rings. The molecule has 1 aromatic heterocycles. The van der Waals surface area contributed by atoms with Gasteiger partial charge in [-0.2, -0.15) is 0 Å². The van der Waals surface area contributed by atoms with E-state index in [2.05, 4.69) is 25.6 Å². The maximum atomic E-state index is 13.5. The molecule has 1 aromatic carbocycles. The number of rotatable bonds is 3. The van der Waals surface area contributed by atoms with Crippen molar-refractivity contribution in [2.75, 3.05) is 4.72 Å². The fraction of sp³-hybridized carbons (Fsp3) is 0.0833. The Labute approximate surface area is 118 Å². The van der Waals surface area contributed by atoms with Crippen LogP contribution in [0.3, 0.4) is 0 Å². The maximum Gasteiger partial charge on any atom is 0.265 e. The molecule has 0 bridgehead atoms. The van der Waals surface area contributed by atoms with Crippen molar-refractivity contribution in [1.82, 2.24) is 4.98 Å². The van der Waals surface area contributed by atoms with Gasteiger partial charge in [-0.05, 0) is 46.6 Å². The molecule has 4 nitrogen and oxygen atoms in total. The number of nitrogens with one attached hydrogen (secondary N) is 1. The lowest BCUT2D eigenvalue weighted by Gasteiger charge is -2.09. The normalized spacial score (nSPS) is 11.3. The second-order valence-corrected chi connectivity index (χ2v) is 6.36. The summed E-state index contributed by atoms with van der Waals surface area (Å²) in [7, 11) is -3.98. The fourth-order valence-corrected chi connectivity index (χ4v) is 2.75. The van der Waals surface area contributed by atoms with Crippen molar-refractivity contribution in [2.45, 2.75) is 11.8 Å². The van der Waals surface area contributed by atoms with Gasteiger partial charge in [0.1, 0.15) is 16.5 Å². The Morgan fingerprint density at radius 3 is 2.63 bits per heavy atom. The molecule has 0 unspecified atom stereocenters. The van der Waals surface area contributed by atoms with Gasteiger partial charge in [-0.25, -0.2) is 17.8 Å². The SMILES string of the molecule is Cc1cc(NS(=O)(=O)c2ccccc2F)ncc1Br. The number of hydrogen-bond donors (Lipinski definition) is 1. The quantitative estimate of drug-likeness (QED) is 0.930. The van der Waals surface area contributed by atoms with E-state index in [1.165, 1.54) is 24.4 Å². The van der Waals surface area contributed by atoms with E-state index in [0.29, 0.717) is 0 Å². The lowest BCUT2D eigenvalue weighted by molar-refractivity contribution is 0.570. The summed E-state index contributed by atoms with van der Waals surface area (Å²) in [5, 5.41) is 0. The van der Waals surface area contributed by atoms with Crippen LogP contribution in [-0.4, -0.2) is 13.4 Å². The van der Waals surface area contributed by atoms with Gasteiger partial charge in [-0.3, -0.25) is 4.72 Å². The largest absolute Gasteiger partial charge is 0.265 e. The van der Waals surface area contributed by atoms with E-state index in [1.54, 1.807) is 13.0 Å². The Morgan fingerprint density at radius 1 is 1.32 bits per heavy atom. The zero-order valence-electron chi connectivity index (χ0n) is 9.89. The van der Waals surface area contributed by atoms with E-state index in [-0.39, 0.29) is 5.82 Å². The highest BCUT2D eigenvalue weighted by atomic mass is 79.9. The predicted molar refractivity (Wildman–Crippen MR) is 73.9 cm³/mol. The second-order valence-electron chi connectivity index (χ2n) is 3.85. The van der Waals surface area contributed by atoms with E-state index >= 15 is 0 Å². The van der Waals surface area contributed by atoms with Crippen molar-refractivity contribution in [3.05, 3.63) is 52.4 Å². The summed E-state index contributed by atoms with van der Waals surface area (Å²) in [5.74, 6) is -0.659. The zero-order valence-corrected chi connectivity index (χ0v) is 12.3. The van der Waals surface area contributed by atoms with Crippen molar-refractivity contribution in [3.63, 3.8) is 0 Å². The number of aryl methyl sites for hydroxylation is 1.